The molecule has 21 heavy (non-hydrogen) atoms. The smallest absolute Gasteiger partial charge is 0.0931 e. The molecule has 2 aliphatic rings. The summed E-state index contributed by atoms with van der Waals surface area (Å²) in [7, 11) is 0. The Labute approximate surface area is 142 Å². The summed E-state index contributed by atoms with van der Waals surface area (Å²) >= 11 is 7.66. The van der Waals surface area contributed by atoms with Crippen LogP contribution in [-0.2, 0) is 11.2 Å². The van der Waals surface area contributed by atoms with Gasteiger partial charge in [0.1, 0.15) is 0 Å². The zero-order valence-electron chi connectivity index (χ0n) is 12.1. The Hall–Kier alpha value is 0.160. The third kappa shape index (κ3) is 4.81. The van der Waals surface area contributed by atoms with Crippen molar-refractivity contribution in [2.45, 2.75) is 37.8 Å². The first-order chi connectivity index (χ1) is 9.83. The minimum Gasteiger partial charge on any atom is -0.379 e. The highest BCUT2D eigenvalue weighted by molar-refractivity contribution is 7.16. The van der Waals surface area contributed by atoms with Crippen molar-refractivity contribution in [2.75, 3.05) is 26.3 Å². The van der Waals surface area contributed by atoms with Gasteiger partial charge >= 0.3 is 0 Å². The van der Waals surface area contributed by atoms with Crippen LogP contribution in [0.2, 0.25) is 4.34 Å². The molecule has 3 nitrogen and oxygen atoms in total. The van der Waals surface area contributed by atoms with E-state index in [1.807, 2.05) is 6.07 Å². The maximum atomic E-state index is 5.97. The molecule has 2 heterocycles. The molecular formula is C15H24Cl2N2OS. The molecule has 3 rings (SSSR count). The van der Waals surface area contributed by atoms with Crippen molar-refractivity contribution in [3.8, 4) is 0 Å². The van der Waals surface area contributed by atoms with Gasteiger partial charge in [-0.1, -0.05) is 18.0 Å². The molecular weight excluding hydrogens is 327 g/mol. The van der Waals surface area contributed by atoms with E-state index >= 15 is 0 Å². The Morgan fingerprint density at radius 2 is 2.29 bits per heavy atom. The summed E-state index contributed by atoms with van der Waals surface area (Å²) in [5.41, 5.74) is 0. The number of ether oxygens (including phenoxy) is 1. The fourth-order valence-electron chi connectivity index (χ4n) is 3.45. The number of thiophene rings is 1. The van der Waals surface area contributed by atoms with E-state index in [-0.39, 0.29) is 12.4 Å². The van der Waals surface area contributed by atoms with E-state index in [0.717, 1.165) is 43.0 Å². The molecule has 1 saturated heterocycles. The second kappa shape index (κ2) is 8.70. The summed E-state index contributed by atoms with van der Waals surface area (Å²) in [5.74, 6) is 0.724. The Morgan fingerprint density at radius 1 is 1.38 bits per heavy atom. The molecule has 6 heteroatoms. The third-order valence-corrected chi connectivity index (χ3v) is 5.73. The lowest BCUT2D eigenvalue weighted by atomic mass is 9.94. The highest BCUT2D eigenvalue weighted by atomic mass is 35.5. The largest absolute Gasteiger partial charge is 0.379 e. The van der Waals surface area contributed by atoms with Gasteiger partial charge in [0, 0.05) is 30.1 Å². The van der Waals surface area contributed by atoms with Crippen LogP contribution in [0.25, 0.3) is 0 Å². The van der Waals surface area contributed by atoms with Crippen molar-refractivity contribution in [1.29, 1.82) is 0 Å². The highest BCUT2D eigenvalue weighted by Gasteiger charge is 2.34. The molecule has 120 valence electrons. The quantitative estimate of drug-likeness (QED) is 0.855. The molecule has 2 fully saturated rings. The maximum absolute atomic E-state index is 5.97. The lowest BCUT2D eigenvalue weighted by molar-refractivity contribution is 0.0526. The molecule has 1 aromatic rings. The number of rotatable bonds is 5. The van der Waals surface area contributed by atoms with Gasteiger partial charge in [0.15, 0.2) is 0 Å². The molecule has 0 amide bonds. The van der Waals surface area contributed by atoms with Gasteiger partial charge in [-0.3, -0.25) is 0 Å². The summed E-state index contributed by atoms with van der Waals surface area (Å²) < 4.78 is 6.51. The Bertz CT molecular complexity index is 424. The summed E-state index contributed by atoms with van der Waals surface area (Å²) in [5, 5.41) is 7.38. The van der Waals surface area contributed by atoms with Crippen LogP contribution in [0.1, 0.15) is 24.1 Å². The molecule has 3 unspecified atom stereocenters. The molecule has 0 spiro atoms. The van der Waals surface area contributed by atoms with E-state index < -0.39 is 0 Å². The maximum Gasteiger partial charge on any atom is 0.0931 e. The van der Waals surface area contributed by atoms with Gasteiger partial charge in [-0.05, 0) is 37.3 Å². The fraction of sp³-hybridized carbons (Fsp3) is 0.733. The number of hydrogen-bond donors (Lipinski definition) is 2. The zero-order chi connectivity index (χ0) is 13.8. The van der Waals surface area contributed by atoms with Gasteiger partial charge in [0.2, 0.25) is 0 Å². The molecule has 2 N–H and O–H groups in total. The van der Waals surface area contributed by atoms with E-state index in [2.05, 4.69) is 16.7 Å². The number of halogens is 2. The standard InChI is InChI=1S/C15H23ClN2OS.ClH/c16-15-5-4-11(20-15)6-7-17-13-3-1-2-12(13)14-10-19-9-8-18-14;/h4-5,12-14,17-18H,1-3,6-10H2;1H. The van der Waals surface area contributed by atoms with Gasteiger partial charge in [-0.2, -0.15) is 0 Å². The molecule has 3 atom stereocenters. The van der Waals surface area contributed by atoms with Crippen LogP contribution in [0.3, 0.4) is 0 Å². The monoisotopic (exact) mass is 350 g/mol. The fourth-order valence-corrected chi connectivity index (χ4v) is 4.54. The first-order valence-corrected chi connectivity index (χ1v) is 8.81. The Kier molecular flexibility index (Phi) is 7.26. The first-order valence-electron chi connectivity index (χ1n) is 7.61. The SMILES string of the molecule is Cl.Clc1ccc(CCNC2CCCC2C2COCCN2)s1. The highest BCUT2D eigenvalue weighted by Crippen LogP contribution is 2.29. The molecule has 0 aromatic carbocycles. The predicted octanol–water partition coefficient (Wildman–Crippen LogP) is 3.11. The Balaban J connectivity index is 0.00000161. The summed E-state index contributed by atoms with van der Waals surface area (Å²) in [4.78, 5) is 1.37. The lowest BCUT2D eigenvalue weighted by Crippen LogP contribution is -2.51. The molecule has 1 aliphatic carbocycles. The van der Waals surface area contributed by atoms with E-state index in [1.165, 1.54) is 24.1 Å². The normalized spacial score (nSPS) is 29.3. The van der Waals surface area contributed by atoms with Crippen LogP contribution >= 0.6 is 35.3 Å². The lowest BCUT2D eigenvalue weighted by Gasteiger charge is -2.33. The van der Waals surface area contributed by atoms with Gasteiger partial charge in [-0.15, -0.1) is 23.7 Å². The summed E-state index contributed by atoms with van der Waals surface area (Å²) in [6, 6.07) is 5.31. The topological polar surface area (TPSA) is 33.3 Å². The molecule has 1 saturated carbocycles. The van der Waals surface area contributed by atoms with E-state index in [1.54, 1.807) is 11.3 Å². The van der Waals surface area contributed by atoms with Crippen LogP contribution in [0.15, 0.2) is 12.1 Å². The zero-order valence-corrected chi connectivity index (χ0v) is 14.5. The van der Waals surface area contributed by atoms with E-state index in [9.17, 15) is 0 Å². The van der Waals surface area contributed by atoms with Crippen molar-refractivity contribution in [2.24, 2.45) is 5.92 Å². The van der Waals surface area contributed by atoms with Gasteiger partial charge in [0.25, 0.3) is 0 Å². The Morgan fingerprint density at radius 3 is 3.00 bits per heavy atom. The van der Waals surface area contributed by atoms with Gasteiger partial charge < -0.3 is 15.4 Å². The minimum atomic E-state index is 0. The molecule has 1 aromatic heterocycles. The molecule has 1 aliphatic heterocycles. The van der Waals surface area contributed by atoms with Crippen LogP contribution in [0.4, 0.5) is 0 Å². The summed E-state index contributed by atoms with van der Waals surface area (Å²) in [6.07, 6.45) is 5.04. The van der Waals surface area contributed by atoms with Crippen LogP contribution in [-0.4, -0.2) is 38.4 Å². The number of hydrogen-bond acceptors (Lipinski definition) is 4. The summed E-state index contributed by atoms with van der Waals surface area (Å²) in [6.45, 7) is 3.79. The van der Waals surface area contributed by atoms with Crippen LogP contribution in [0.5, 0.6) is 0 Å². The van der Waals surface area contributed by atoms with E-state index in [0.29, 0.717) is 12.1 Å². The van der Waals surface area contributed by atoms with Gasteiger partial charge in [0.05, 0.1) is 17.6 Å². The van der Waals surface area contributed by atoms with Crippen molar-refractivity contribution >= 4 is 35.3 Å². The second-order valence-electron chi connectivity index (χ2n) is 5.75. The number of morpholine rings is 1. The van der Waals surface area contributed by atoms with Crippen LogP contribution in [0, 0.1) is 5.92 Å². The second-order valence-corrected chi connectivity index (χ2v) is 7.55. The first kappa shape index (κ1) is 17.5. The molecule has 0 radical (unpaired) electrons. The van der Waals surface area contributed by atoms with E-state index in [4.69, 9.17) is 16.3 Å². The van der Waals surface area contributed by atoms with Gasteiger partial charge in [-0.25, -0.2) is 0 Å². The minimum absolute atomic E-state index is 0. The van der Waals surface area contributed by atoms with Crippen molar-refractivity contribution < 1.29 is 4.74 Å². The average Bonchev–Trinajstić information content (AvgIpc) is 3.09. The average molecular weight is 351 g/mol. The van der Waals surface area contributed by atoms with Crippen molar-refractivity contribution in [3.05, 3.63) is 21.3 Å². The number of nitrogens with one attached hydrogen (secondary N) is 2. The van der Waals surface area contributed by atoms with Crippen molar-refractivity contribution in [3.63, 3.8) is 0 Å². The third-order valence-electron chi connectivity index (χ3n) is 4.44. The van der Waals surface area contributed by atoms with Crippen LogP contribution < -0.4 is 10.6 Å². The molecule has 0 bridgehead atoms. The van der Waals surface area contributed by atoms with Crippen molar-refractivity contribution in [1.82, 2.24) is 10.6 Å². The predicted molar refractivity (Wildman–Crippen MR) is 92.0 cm³/mol.